The molecule has 5 heteroatoms. The molecule has 1 aromatic carbocycles. The Morgan fingerprint density at radius 3 is 2.71 bits per heavy atom. The highest BCUT2D eigenvalue weighted by Gasteiger charge is 2.06. The molecule has 0 bridgehead atoms. The van der Waals surface area contributed by atoms with Gasteiger partial charge in [-0.1, -0.05) is 23.4 Å². The minimum Gasteiger partial charge on any atom is -0.453 e. The van der Waals surface area contributed by atoms with Crippen molar-refractivity contribution in [3.8, 4) is 0 Å². The van der Waals surface area contributed by atoms with Crippen molar-refractivity contribution in [3.05, 3.63) is 36.1 Å². The van der Waals surface area contributed by atoms with Crippen molar-refractivity contribution in [3.63, 3.8) is 0 Å². The average molecular weight is 213 g/mol. The van der Waals surface area contributed by atoms with Crippen LogP contribution in [0.3, 0.4) is 0 Å². The Labute approximate surface area is 86.4 Å². The van der Waals surface area contributed by atoms with Crippen LogP contribution in [0.4, 0.5) is 0 Å². The molecule has 0 fully saturated rings. The number of nitrogens with two attached hydrogens (primary N) is 1. The molecule has 1 aromatic heterocycles. The van der Waals surface area contributed by atoms with Crippen molar-refractivity contribution < 1.29 is 9.62 Å². The summed E-state index contributed by atoms with van der Waals surface area (Å²) in [7, 11) is 0. The highest BCUT2D eigenvalue weighted by Crippen LogP contribution is 2.18. The van der Waals surface area contributed by atoms with E-state index in [1.165, 1.54) is 0 Å². The van der Waals surface area contributed by atoms with Gasteiger partial charge in [0.2, 0.25) is 5.84 Å². The second-order valence-electron chi connectivity index (χ2n) is 2.63. The maximum absolute atomic E-state index is 8.42. The van der Waals surface area contributed by atoms with E-state index in [9.17, 15) is 0 Å². The van der Waals surface area contributed by atoms with Gasteiger partial charge in [-0.25, -0.2) is 0 Å². The van der Waals surface area contributed by atoms with Crippen LogP contribution in [0.15, 0.2) is 39.9 Å². The Balaban J connectivity index is 0.000000980. The van der Waals surface area contributed by atoms with Gasteiger partial charge in [0, 0.05) is 5.39 Å². The van der Waals surface area contributed by atoms with E-state index in [2.05, 4.69) is 5.16 Å². The summed E-state index contributed by atoms with van der Waals surface area (Å²) in [4.78, 5) is 0. The smallest absolute Gasteiger partial charge is 0.205 e. The van der Waals surface area contributed by atoms with Gasteiger partial charge >= 0.3 is 0 Å². The van der Waals surface area contributed by atoms with Gasteiger partial charge in [0.1, 0.15) is 5.58 Å². The Morgan fingerprint density at radius 1 is 1.36 bits per heavy atom. The number of oxime groups is 1. The minimum atomic E-state index is -0.0174. The molecule has 0 aliphatic heterocycles. The first kappa shape index (κ1) is 10.4. The Bertz CT molecular complexity index is 432. The quantitative estimate of drug-likeness (QED) is 0.329. The van der Waals surface area contributed by atoms with E-state index in [-0.39, 0.29) is 18.2 Å². The molecule has 0 aliphatic carbocycles. The lowest BCUT2D eigenvalue weighted by Crippen LogP contribution is -2.11. The van der Waals surface area contributed by atoms with Crippen LogP contribution >= 0.6 is 12.4 Å². The molecule has 3 N–H and O–H groups in total. The summed E-state index contributed by atoms with van der Waals surface area (Å²) >= 11 is 0. The number of benzene rings is 1. The third kappa shape index (κ3) is 1.65. The number of hydrogen-bond donors (Lipinski definition) is 2. The van der Waals surface area contributed by atoms with Gasteiger partial charge in [-0.05, 0) is 12.1 Å². The highest BCUT2D eigenvalue weighted by atomic mass is 35.5. The number of fused-ring (bicyclic) bond motifs is 1. The number of amidine groups is 1. The van der Waals surface area contributed by atoms with Gasteiger partial charge in [-0.2, -0.15) is 0 Å². The third-order valence-electron chi connectivity index (χ3n) is 1.79. The predicted octanol–water partition coefficient (Wildman–Crippen LogP) is 1.95. The molecule has 0 saturated heterocycles. The zero-order chi connectivity index (χ0) is 9.26. The molecule has 1 heterocycles. The topological polar surface area (TPSA) is 71.8 Å². The standard InChI is InChI=1S/C9H8N2O2.ClH/c10-9(11-12)8-5-6-3-1-2-4-7(6)13-8;/h1-5,12H,(H2,10,11);1H. The van der Waals surface area contributed by atoms with Crippen molar-refractivity contribution >= 4 is 29.2 Å². The number of para-hydroxylation sites is 1. The number of rotatable bonds is 1. The normalized spacial score (nSPS) is 11.3. The lowest BCUT2D eigenvalue weighted by atomic mass is 10.2. The number of hydrogen-bond acceptors (Lipinski definition) is 3. The van der Waals surface area contributed by atoms with E-state index >= 15 is 0 Å². The van der Waals surface area contributed by atoms with Crippen LogP contribution in [0.1, 0.15) is 5.76 Å². The van der Waals surface area contributed by atoms with Gasteiger partial charge in [-0.3, -0.25) is 0 Å². The number of furan rings is 1. The minimum absolute atomic E-state index is 0. The van der Waals surface area contributed by atoms with E-state index in [1.807, 2.05) is 24.3 Å². The fraction of sp³-hybridized carbons (Fsp3) is 0. The third-order valence-corrected chi connectivity index (χ3v) is 1.79. The van der Waals surface area contributed by atoms with Crippen LogP contribution in [0, 0.1) is 0 Å². The molecule has 0 saturated carbocycles. The molecule has 0 spiro atoms. The molecule has 0 amide bonds. The molecule has 74 valence electrons. The van der Waals surface area contributed by atoms with E-state index in [4.69, 9.17) is 15.4 Å². The second kappa shape index (κ2) is 4.02. The largest absolute Gasteiger partial charge is 0.453 e. The molecule has 0 radical (unpaired) electrons. The average Bonchev–Trinajstić information content (AvgIpc) is 2.59. The molecular formula is C9H9ClN2O2. The van der Waals surface area contributed by atoms with Crippen LogP contribution in [0.5, 0.6) is 0 Å². The van der Waals surface area contributed by atoms with E-state index in [0.717, 1.165) is 11.0 Å². The zero-order valence-electron chi connectivity index (χ0n) is 7.18. The summed E-state index contributed by atoms with van der Waals surface area (Å²) in [6.45, 7) is 0. The summed E-state index contributed by atoms with van der Waals surface area (Å²) in [6, 6.07) is 9.21. The van der Waals surface area contributed by atoms with Gasteiger partial charge in [0.05, 0.1) is 0 Å². The van der Waals surface area contributed by atoms with E-state index < -0.39 is 0 Å². The second-order valence-corrected chi connectivity index (χ2v) is 2.63. The Hall–Kier alpha value is -1.68. The fourth-order valence-corrected chi connectivity index (χ4v) is 1.16. The van der Waals surface area contributed by atoms with Crippen LogP contribution < -0.4 is 5.73 Å². The molecule has 0 atom stereocenters. The van der Waals surface area contributed by atoms with Gasteiger partial charge in [-0.15, -0.1) is 12.4 Å². The van der Waals surface area contributed by atoms with Gasteiger partial charge in [0.15, 0.2) is 5.76 Å². The first-order chi connectivity index (χ1) is 6.31. The van der Waals surface area contributed by atoms with Crippen LogP contribution in [-0.4, -0.2) is 11.0 Å². The summed E-state index contributed by atoms with van der Waals surface area (Å²) in [5.74, 6) is 0.361. The summed E-state index contributed by atoms with van der Waals surface area (Å²) in [6.07, 6.45) is 0. The van der Waals surface area contributed by atoms with Crippen molar-refractivity contribution in [2.24, 2.45) is 10.9 Å². The molecular weight excluding hydrogens is 204 g/mol. The van der Waals surface area contributed by atoms with Crippen molar-refractivity contribution in [1.29, 1.82) is 0 Å². The lowest BCUT2D eigenvalue weighted by molar-refractivity contribution is 0.317. The van der Waals surface area contributed by atoms with Gasteiger partial charge < -0.3 is 15.4 Å². The lowest BCUT2D eigenvalue weighted by Gasteiger charge is -1.88. The molecule has 0 unspecified atom stereocenters. The van der Waals surface area contributed by atoms with Crippen molar-refractivity contribution in [2.75, 3.05) is 0 Å². The predicted molar refractivity (Wildman–Crippen MR) is 56.0 cm³/mol. The van der Waals surface area contributed by atoms with Gasteiger partial charge in [0.25, 0.3) is 0 Å². The summed E-state index contributed by atoms with van der Waals surface area (Å²) in [5.41, 5.74) is 6.09. The molecule has 2 aromatic rings. The Morgan fingerprint density at radius 2 is 2.07 bits per heavy atom. The highest BCUT2D eigenvalue weighted by molar-refractivity contribution is 5.98. The van der Waals surface area contributed by atoms with Crippen molar-refractivity contribution in [1.82, 2.24) is 0 Å². The maximum atomic E-state index is 8.42. The van der Waals surface area contributed by atoms with Crippen molar-refractivity contribution in [2.45, 2.75) is 0 Å². The monoisotopic (exact) mass is 212 g/mol. The number of nitrogens with zero attached hydrogens (tertiary/aromatic N) is 1. The van der Waals surface area contributed by atoms with Crippen LogP contribution in [0.2, 0.25) is 0 Å². The van der Waals surface area contributed by atoms with Crippen LogP contribution in [-0.2, 0) is 0 Å². The van der Waals surface area contributed by atoms with E-state index in [0.29, 0.717) is 5.76 Å². The van der Waals surface area contributed by atoms with Crippen LogP contribution in [0.25, 0.3) is 11.0 Å². The zero-order valence-corrected chi connectivity index (χ0v) is 7.99. The first-order valence-electron chi connectivity index (χ1n) is 3.78. The van der Waals surface area contributed by atoms with E-state index in [1.54, 1.807) is 6.07 Å². The SMILES string of the molecule is Cl.N/C(=N/O)c1cc2ccccc2o1. The molecule has 2 rings (SSSR count). The summed E-state index contributed by atoms with van der Waals surface area (Å²) < 4.78 is 5.30. The first-order valence-corrected chi connectivity index (χ1v) is 3.78. The Kier molecular flexibility index (Phi) is 2.99. The molecule has 4 nitrogen and oxygen atoms in total. The molecule has 0 aliphatic rings. The summed E-state index contributed by atoms with van der Waals surface area (Å²) in [5, 5.41) is 12.2. The number of halogens is 1. The maximum Gasteiger partial charge on any atom is 0.205 e. The molecule has 14 heavy (non-hydrogen) atoms. The fourth-order valence-electron chi connectivity index (χ4n) is 1.16.